The number of carbonyl (C=O) groups is 1. The molecule has 0 heterocycles. The predicted molar refractivity (Wildman–Crippen MR) is 78.9 cm³/mol. The summed E-state index contributed by atoms with van der Waals surface area (Å²) in [6.07, 6.45) is 0.341. The normalized spacial score (nSPS) is 11.2. The van der Waals surface area contributed by atoms with Crippen molar-refractivity contribution in [1.29, 1.82) is 0 Å². The molecule has 0 bridgehead atoms. The zero-order valence-electron chi connectivity index (χ0n) is 11.8. The van der Waals surface area contributed by atoms with Crippen molar-refractivity contribution in [3.63, 3.8) is 0 Å². The van der Waals surface area contributed by atoms with Crippen molar-refractivity contribution < 1.29 is 9.53 Å². The van der Waals surface area contributed by atoms with E-state index in [4.69, 9.17) is 16.3 Å². The molecule has 19 heavy (non-hydrogen) atoms. The van der Waals surface area contributed by atoms with Gasteiger partial charge < -0.3 is 10.1 Å². The van der Waals surface area contributed by atoms with E-state index >= 15 is 0 Å². The van der Waals surface area contributed by atoms with E-state index in [0.717, 1.165) is 18.5 Å². The zero-order chi connectivity index (χ0) is 14.5. The monoisotopic (exact) mass is 284 g/mol. The molecule has 0 unspecified atom stereocenters. The van der Waals surface area contributed by atoms with E-state index in [0.29, 0.717) is 10.7 Å². The summed E-state index contributed by atoms with van der Waals surface area (Å²) in [5.41, 5.74) is 1.17. The van der Waals surface area contributed by atoms with Crippen LogP contribution >= 0.6 is 11.6 Å². The molecule has 1 aromatic rings. The first-order chi connectivity index (χ1) is 8.81. The van der Waals surface area contributed by atoms with Gasteiger partial charge in [-0.1, -0.05) is 11.6 Å². The maximum atomic E-state index is 11.7. The zero-order valence-corrected chi connectivity index (χ0v) is 12.6. The second-order valence-corrected chi connectivity index (χ2v) is 5.69. The van der Waals surface area contributed by atoms with Crippen LogP contribution in [0.15, 0.2) is 18.2 Å². The Kier molecular flexibility index (Phi) is 5.63. The molecule has 4 nitrogen and oxygen atoms in total. The SMILES string of the molecule is CNCCc1cc(NC(=O)OC(C)(C)C)ccc1Cl. The third-order valence-corrected chi connectivity index (χ3v) is 2.70. The number of hydrogen-bond acceptors (Lipinski definition) is 3. The van der Waals surface area contributed by atoms with Crippen LogP contribution in [0.4, 0.5) is 10.5 Å². The Morgan fingerprint density at radius 3 is 2.63 bits per heavy atom. The first-order valence-electron chi connectivity index (χ1n) is 6.25. The molecule has 0 aliphatic rings. The topological polar surface area (TPSA) is 50.4 Å². The van der Waals surface area contributed by atoms with E-state index in [1.165, 1.54) is 0 Å². The number of likely N-dealkylation sites (N-methyl/N-ethyl adjacent to an activating group) is 1. The fraction of sp³-hybridized carbons (Fsp3) is 0.500. The summed E-state index contributed by atoms with van der Waals surface area (Å²) < 4.78 is 5.20. The van der Waals surface area contributed by atoms with Crippen LogP contribution in [0.2, 0.25) is 5.02 Å². The Morgan fingerprint density at radius 1 is 1.37 bits per heavy atom. The summed E-state index contributed by atoms with van der Waals surface area (Å²) in [5.74, 6) is 0. The second kappa shape index (κ2) is 6.78. The maximum Gasteiger partial charge on any atom is 0.412 e. The molecular weight excluding hydrogens is 264 g/mol. The van der Waals surface area contributed by atoms with E-state index in [2.05, 4.69) is 10.6 Å². The minimum Gasteiger partial charge on any atom is -0.444 e. The largest absolute Gasteiger partial charge is 0.444 e. The summed E-state index contributed by atoms with van der Waals surface area (Å²) in [4.78, 5) is 11.7. The number of rotatable bonds is 4. The number of halogens is 1. The minimum atomic E-state index is -0.508. The van der Waals surface area contributed by atoms with Crippen LogP contribution in [-0.4, -0.2) is 25.3 Å². The number of carbonyl (C=O) groups excluding carboxylic acids is 1. The predicted octanol–water partition coefficient (Wildman–Crippen LogP) is 3.45. The summed E-state index contributed by atoms with van der Waals surface area (Å²) in [6.45, 7) is 6.31. The minimum absolute atomic E-state index is 0.464. The average Bonchev–Trinajstić information content (AvgIpc) is 2.27. The van der Waals surface area contributed by atoms with E-state index in [-0.39, 0.29) is 0 Å². The summed E-state index contributed by atoms with van der Waals surface area (Å²) in [7, 11) is 1.89. The lowest BCUT2D eigenvalue weighted by molar-refractivity contribution is 0.0636. The van der Waals surface area contributed by atoms with Crippen LogP contribution in [-0.2, 0) is 11.2 Å². The first-order valence-corrected chi connectivity index (χ1v) is 6.62. The molecule has 0 aromatic heterocycles. The fourth-order valence-electron chi connectivity index (χ4n) is 1.53. The van der Waals surface area contributed by atoms with Crippen molar-refractivity contribution in [2.45, 2.75) is 32.8 Å². The van der Waals surface area contributed by atoms with Gasteiger partial charge in [-0.25, -0.2) is 4.79 Å². The molecule has 1 aromatic carbocycles. The number of benzene rings is 1. The molecule has 1 rings (SSSR count). The van der Waals surface area contributed by atoms with Crippen molar-refractivity contribution in [1.82, 2.24) is 5.32 Å². The second-order valence-electron chi connectivity index (χ2n) is 5.29. The van der Waals surface area contributed by atoms with Gasteiger partial charge in [-0.05, 0) is 64.5 Å². The van der Waals surface area contributed by atoms with Crippen LogP contribution < -0.4 is 10.6 Å². The van der Waals surface area contributed by atoms with E-state index in [9.17, 15) is 4.79 Å². The summed E-state index contributed by atoms with van der Waals surface area (Å²) in [5, 5.41) is 6.47. The van der Waals surface area contributed by atoms with E-state index in [1.54, 1.807) is 12.1 Å². The highest BCUT2D eigenvalue weighted by molar-refractivity contribution is 6.31. The van der Waals surface area contributed by atoms with Crippen LogP contribution in [0, 0.1) is 0 Å². The van der Waals surface area contributed by atoms with Gasteiger partial charge in [0.1, 0.15) is 5.60 Å². The van der Waals surface area contributed by atoms with Gasteiger partial charge >= 0.3 is 6.09 Å². The van der Waals surface area contributed by atoms with Gasteiger partial charge in [-0.3, -0.25) is 5.32 Å². The fourth-order valence-corrected chi connectivity index (χ4v) is 1.74. The molecule has 0 radical (unpaired) electrons. The van der Waals surface area contributed by atoms with Crippen molar-refractivity contribution in [2.75, 3.05) is 18.9 Å². The third-order valence-electron chi connectivity index (χ3n) is 2.34. The van der Waals surface area contributed by atoms with Gasteiger partial charge in [0.05, 0.1) is 0 Å². The smallest absolute Gasteiger partial charge is 0.412 e. The molecule has 1 amide bonds. The lowest BCUT2D eigenvalue weighted by atomic mass is 10.1. The Labute approximate surface area is 119 Å². The number of nitrogens with one attached hydrogen (secondary N) is 2. The van der Waals surface area contributed by atoms with E-state index in [1.807, 2.05) is 33.9 Å². The average molecular weight is 285 g/mol. The van der Waals surface area contributed by atoms with Gasteiger partial charge in [-0.2, -0.15) is 0 Å². The van der Waals surface area contributed by atoms with Gasteiger partial charge in [0.15, 0.2) is 0 Å². The summed E-state index contributed by atoms with van der Waals surface area (Å²) >= 11 is 6.10. The van der Waals surface area contributed by atoms with Crippen molar-refractivity contribution in [3.8, 4) is 0 Å². The van der Waals surface area contributed by atoms with Gasteiger partial charge in [-0.15, -0.1) is 0 Å². The number of amides is 1. The quantitative estimate of drug-likeness (QED) is 0.890. The number of anilines is 1. The molecule has 0 saturated carbocycles. The molecular formula is C14H21ClN2O2. The molecule has 5 heteroatoms. The van der Waals surface area contributed by atoms with Crippen LogP contribution in [0.5, 0.6) is 0 Å². The summed E-state index contributed by atoms with van der Waals surface area (Å²) in [6, 6.07) is 5.40. The van der Waals surface area contributed by atoms with Crippen LogP contribution in [0.1, 0.15) is 26.3 Å². The Hall–Kier alpha value is -1.26. The first kappa shape index (κ1) is 15.8. The maximum absolute atomic E-state index is 11.7. The molecule has 106 valence electrons. The van der Waals surface area contributed by atoms with Crippen LogP contribution in [0.3, 0.4) is 0 Å². The van der Waals surface area contributed by atoms with Gasteiger partial charge in [0.25, 0.3) is 0 Å². The highest BCUT2D eigenvalue weighted by atomic mass is 35.5. The van der Waals surface area contributed by atoms with Crippen LogP contribution in [0.25, 0.3) is 0 Å². The Bertz CT molecular complexity index is 442. The lowest BCUT2D eigenvalue weighted by Crippen LogP contribution is -2.27. The highest BCUT2D eigenvalue weighted by Gasteiger charge is 2.16. The van der Waals surface area contributed by atoms with Crippen molar-refractivity contribution >= 4 is 23.4 Å². The molecule has 0 spiro atoms. The van der Waals surface area contributed by atoms with Gasteiger partial charge in [0, 0.05) is 10.7 Å². The van der Waals surface area contributed by atoms with E-state index < -0.39 is 11.7 Å². The third kappa shape index (κ3) is 5.94. The molecule has 0 atom stereocenters. The number of ether oxygens (including phenoxy) is 1. The molecule has 0 aliphatic heterocycles. The standard InChI is InChI=1S/C14H21ClN2O2/c1-14(2,3)19-13(18)17-11-5-6-12(15)10(9-11)7-8-16-4/h5-6,9,16H,7-8H2,1-4H3,(H,17,18). The van der Waals surface area contributed by atoms with Crippen molar-refractivity contribution in [2.24, 2.45) is 0 Å². The number of hydrogen-bond donors (Lipinski definition) is 2. The van der Waals surface area contributed by atoms with Gasteiger partial charge in [0.2, 0.25) is 0 Å². The molecule has 0 fully saturated rings. The highest BCUT2D eigenvalue weighted by Crippen LogP contribution is 2.21. The lowest BCUT2D eigenvalue weighted by Gasteiger charge is -2.20. The Morgan fingerprint density at radius 2 is 2.05 bits per heavy atom. The molecule has 0 saturated heterocycles. The Balaban J connectivity index is 2.71. The van der Waals surface area contributed by atoms with Crippen molar-refractivity contribution in [3.05, 3.63) is 28.8 Å². The molecule has 2 N–H and O–H groups in total. The molecule has 0 aliphatic carbocycles.